The van der Waals surface area contributed by atoms with Gasteiger partial charge in [0.05, 0.1) is 12.1 Å². The summed E-state index contributed by atoms with van der Waals surface area (Å²) < 4.78 is 10.5. The highest BCUT2D eigenvalue weighted by Crippen LogP contribution is 2.33. The lowest BCUT2D eigenvalue weighted by Gasteiger charge is -2.44. The van der Waals surface area contributed by atoms with Crippen LogP contribution < -0.4 is 4.74 Å². The lowest BCUT2D eigenvalue weighted by molar-refractivity contribution is -0.422. The summed E-state index contributed by atoms with van der Waals surface area (Å²) in [6.45, 7) is -0.673. The average molecular weight is 323 g/mol. The number of aromatic nitrogens is 1. The number of hydrogen-bond donors (Lipinski definition) is 5. The Kier molecular flexibility index (Phi) is 4.19. The number of aliphatic hydroxyl groups is 5. The van der Waals surface area contributed by atoms with Gasteiger partial charge in [-0.1, -0.05) is 12.1 Å². The van der Waals surface area contributed by atoms with E-state index in [1.165, 1.54) is 12.3 Å². The van der Waals surface area contributed by atoms with Gasteiger partial charge in [-0.2, -0.15) is 0 Å². The van der Waals surface area contributed by atoms with Crippen LogP contribution in [0.1, 0.15) is 0 Å². The lowest BCUT2D eigenvalue weighted by atomic mass is 9.98. The summed E-state index contributed by atoms with van der Waals surface area (Å²) in [5.74, 6) is -2.46. The zero-order valence-corrected chi connectivity index (χ0v) is 12.0. The molecule has 124 valence electrons. The van der Waals surface area contributed by atoms with Crippen LogP contribution in [0.25, 0.3) is 10.9 Å². The van der Waals surface area contributed by atoms with Crippen LogP contribution in [0.15, 0.2) is 36.5 Å². The van der Waals surface area contributed by atoms with Gasteiger partial charge in [0.25, 0.3) is 0 Å². The molecule has 3 rings (SSSR count). The van der Waals surface area contributed by atoms with Gasteiger partial charge < -0.3 is 35.0 Å². The van der Waals surface area contributed by atoms with Crippen molar-refractivity contribution in [2.24, 2.45) is 0 Å². The first-order chi connectivity index (χ1) is 11.0. The van der Waals surface area contributed by atoms with Crippen molar-refractivity contribution in [3.63, 3.8) is 0 Å². The summed E-state index contributed by atoms with van der Waals surface area (Å²) in [6.07, 6.45) is -5.11. The largest absolute Gasteiger partial charge is 0.436 e. The highest BCUT2D eigenvalue weighted by molar-refractivity contribution is 5.84. The van der Waals surface area contributed by atoms with E-state index in [0.29, 0.717) is 10.9 Å². The summed E-state index contributed by atoms with van der Waals surface area (Å²) >= 11 is 0. The number of para-hydroxylation sites is 1. The molecule has 2 aromatic rings. The molecule has 0 unspecified atom stereocenters. The molecule has 0 bridgehead atoms. The molecule has 0 spiro atoms. The summed E-state index contributed by atoms with van der Waals surface area (Å²) in [5.41, 5.74) is 0.596. The number of nitrogens with zero attached hydrogens (tertiary/aromatic N) is 1. The highest BCUT2D eigenvalue weighted by Gasteiger charge is 2.55. The van der Waals surface area contributed by atoms with Crippen molar-refractivity contribution >= 4 is 10.9 Å². The number of benzene rings is 1. The first-order valence-electron chi connectivity index (χ1n) is 7.04. The van der Waals surface area contributed by atoms with Gasteiger partial charge in [-0.25, -0.2) is 0 Å². The van der Waals surface area contributed by atoms with Crippen molar-refractivity contribution in [2.75, 3.05) is 6.61 Å². The molecule has 1 aliphatic heterocycles. The monoisotopic (exact) mass is 323 g/mol. The van der Waals surface area contributed by atoms with Gasteiger partial charge in [0.1, 0.15) is 24.1 Å². The van der Waals surface area contributed by atoms with Gasteiger partial charge in [0.15, 0.2) is 6.10 Å². The van der Waals surface area contributed by atoms with Crippen LogP contribution in [-0.4, -0.2) is 67.5 Å². The summed E-state index contributed by atoms with van der Waals surface area (Å²) in [6, 6.07) is 8.42. The molecule has 0 amide bonds. The van der Waals surface area contributed by atoms with E-state index in [0.717, 1.165) is 0 Å². The van der Waals surface area contributed by atoms with Crippen molar-refractivity contribution < 1.29 is 35.0 Å². The van der Waals surface area contributed by atoms with Crippen molar-refractivity contribution in [3.8, 4) is 5.75 Å². The molecule has 2 heterocycles. The van der Waals surface area contributed by atoms with Crippen LogP contribution in [0.2, 0.25) is 0 Å². The minimum Gasteiger partial charge on any atom is -0.436 e. The van der Waals surface area contributed by atoms with Gasteiger partial charge in [0, 0.05) is 11.6 Å². The van der Waals surface area contributed by atoms with Crippen LogP contribution in [0.3, 0.4) is 0 Å². The van der Waals surface area contributed by atoms with Crippen LogP contribution >= 0.6 is 0 Å². The Morgan fingerprint density at radius 2 is 1.87 bits per heavy atom. The smallest absolute Gasteiger partial charge is 0.355 e. The van der Waals surface area contributed by atoms with Gasteiger partial charge in [-0.3, -0.25) is 4.98 Å². The molecule has 8 heteroatoms. The zero-order valence-electron chi connectivity index (χ0n) is 12.0. The second kappa shape index (κ2) is 6.00. The quantitative estimate of drug-likeness (QED) is 0.442. The van der Waals surface area contributed by atoms with Crippen LogP contribution in [0.5, 0.6) is 5.75 Å². The molecule has 23 heavy (non-hydrogen) atoms. The molecule has 1 fully saturated rings. The molecular formula is C15H17NO7. The third kappa shape index (κ3) is 2.76. The second-order valence-corrected chi connectivity index (χ2v) is 5.32. The first-order valence-corrected chi connectivity index (χ1v) is 7.04. The SMILES string of the molecule is OC[C@H]1O[C@](O)(Oc2ccnc3ccccc23)[C@H](O)[C@@H](O)[C@@H]1O. The molecule has 0 saturated carbocycles. The molecule has 5 atom stereocenters. The van der Waals surface area contributed by atoms with E-state index >= 15 is 0 Å². The van der Waals surface area contributed by atoms with Gasteiger partial charge >= 0.3 is 5.97 Å². The fraction of sp³-hybridized carbons (Fsp3) is 0.400. The standard InChI is InChI=1S/C15H17NO7/c17-7-11-12(18)13(19)14(20)15(21,23-11)22-10-5-6-16-9-4-2-1-3-8(9)10/h1-6,11-14,17-21H,7H2/t11-,12-,13+,14-,15-/m1/s1. The molecular weight excluding hydrogens is 306 g/mol. The maximum atomic E-state index is 10.4. The minimum absolute atomic E-state index is 0.164. The number of ether oxygens (including phenoxy) is 2. The Labute approximate surface area is 131 Å². The van der Waals surface area contributed by atoms with E-state index in [1.54, 1.807) is 24.3 Å². The fourth-order valence-electron chi connectivity index (χ4n) is 2.52. The van der Waals surface area contributed by atoms with E-state index < -0.39 is 37.0 Å². The molecule has 5 N–H and O–H groups in total. The Balaban J connectivity index is 1.96. The number of pyridine rings is 1. The second-order valence-electron chi connectivity index (χ2n) is 5.32. The molecule has 1 aromatic carbocycles. The normalized spacial score (nSPS) is 34.5. The number of hydrogen-bond acceptors (Lipinski definition) is 8. The third-order valence-corrected chi connectivity index (χ3v) is 3.79. The molecule has 1 saturated heterocycles. The summed E-state index contributed by atoms with van der Waals surface area (Å²) in [4.78, 5) is 4.14. The molecule has 1 aliphatic rings. The summed E-state index contributed by atoms with van der Waals surface area (Å²) in [7, 11) is 0. The van der Waals surface area contributed by atoms with Crippen molar-refractivity contribution in [1.82, 2.24) is 4.98 Å². The van der Waals surface area contributed by atoms with Gasteiger partial charge in [0.2, 0.25) is 0 Å². The Morgan fingerprint density at radius 3 is 2.61 bits per heavy atom. The van der Waals surface area contributed by atoms with Crippen molar-refractivity contribution in [2.45, 2.75) is 30.4 Å². The zero-order chi connectivity index (χ0) is 16.6. The topological polar surface area (TPSA) is 132 Å². The molecule has 1 aromatic heterocycles. The highest BCUT2D eigenvalue weighted by atomic mass is 16.8. The van der Waals surface area contributed by atoms with E-state index in [9.17, 15) is 25.5 Å². The van der Waals surface area contributed by atoms with Crippen LogP contribution in [-0.2, 0) is 4.74 Å². The van der Waals surface area contributed by atoms with Crippen LogP contribution in [0.4, 0.5) is 0 Å². The lowest BCUT2D eigenvalue weighted by Crippen LogP contribution is -2.67. The van der Waals surface area contributed by atoms with Gasteiger partial charge in [-0.15, -0.1) is 0 Å². The Bertz CT molecular complexity index is 689. The summed E-state index contributed by atoms with van der Waals surface area (Å²) in [5, 5.41) is 49.7. The van der Waals surface area contributed by atoms with E-state index in [4.69, 9.17) is 9.47 Å². The minimum atomic E-state index is -2.63. The van der Waals surface area contributed by atoms with Crippen molar-refractivity contribution in [3.05, 3.63) is 36.5 Å². The Morgan fingerprint density at radius 1 is 1.13 bits per heavy atom. The van der Waals surface area contributed by atoms with Crippen LogP contribution in [0, 0.1) is 0 Å². The van der Waals surface area contributed by atoms with E-state index in [2.05, 4.69) is 4.98 Å². The first kappa shape index (κ1) is 16.1. The number of rotatable bonds is 3. The molecule has 0 radical (unpaired) electrons. The van der Waals surface area contributed by atoms with Crippen molar-refractivity contribution in [1.29, 1.82) is 0 Å². The predicted octanol–water partition coefficient (Wildman–Crippen LogP) is -1.27. The Hall–Kier alpha value is -1.81. The maximum Gasteiger partial charge on any atom is 0.355 e. The number of fused-ring (bicyclic) bond motifs is 1. The predicted molar refractivity (Wildman–Crippen MR) is 77.3 cm³/mol. The number of aliphatic hydroxyl groups excluding tert-OH is 4. The average Bonchev–Trinajstić information content (AvgIpc) is 2.57. The fourth-order valence-corrected chi connectivity index (χ4v) is 2.52. The molecule has 8 nitrogen and oxygen atoms in total. The molecule has 0 aliphatic carbocycles. The van der Waals surface area contributed by atoms with Gasteiger partial charge in [-0.05, 0) is 18.2 Å². The van der Waals surface area contributed by atoms with E-state index in [1.807, 2.05) is 0 Å². The van der Waals surface area contributed by atoms with E-state index in [-0.39, 0.29) is 5.75 Å². The third-order valence-electron chi connectivity index (χ3n) is 3.79. The maximum absolute atomic E-state index is 10.4.